The highest BCUT2D eigenvalue weighted by atomic mass is 35.5. The Morgan fingerprint density at radius 1 is 1.03 bits per heavy atom. The monoisotopic (exact) mass is 421 g/mol. The zero-order valence-corrected chi connectivity index (χ0v) is 17.5. The van der Waals surface area contributed by atoms with Crippen molar-refractivity contribution in [3.63, 3.8) is 0 Å². The highest BCUT2D eigenvalue weighted by Gasteiger charge is 2.51. The van der Waals surface area contributed by atoms with Crippen LogP contribution >= 0.6 is 11.6 Å². The Morgan fingerprint density at radius 3 is 2.57 bits per heavy atom. The fourth-order valence-corrected chi connectivity index (χ4v) is 5.15. The first-order valence-corrected chi connectivity index (χ1v) is 10.8. The van der Waals surface area contributed by atoms with Gasteiger partial charge in [0.2, 0.25) is 5.91 Å². The number of carbonyl (C=O) groups excluding carboxylic acids is 2. The number of H-pyrrole nitrogens is 1. The molecule has 3 aromatic rings. The maximum atomic E-state index is 13.2. The molecule has 0 aliphatic carbocycles. The lowest BCUT2D eigenvalue weighted by Crippen LogP contribution is -2.39. The van der Waals surface area contributed by atoms with Crippen molar-refractivity contribution in [3.8, 4) is 0 Å². The number of fused-ring (bicyclic) bond motifs is 1. The number of carbonyl (C=O) groups is 2. The number of para-hydroxylation sites is 1. The molecule has 2 aliphatic heterocycles. The maximum absolute atomic E-state index is 13.2. The Balaban J connectivity index is 1.28. The average molecular weight is 422 g/mol. The Labute approximate surface area is 180 Å². The predicted molar refractivity (Wildman–Crippen MR) is 118 cm³/mol. The molecule has 2 fully saturated rings. The van der Waals surface area contributed by atoms with E-state index >= 15 is 0 Å². The van der Waals surface area contributed by atoms with Gasteiger partial charge in [0.05, 0.1) is 10.4 Å². The minimum atomic E-state index is -0.440. The first-order chi connectivity index (χ1) is 14.6. The highest BCUT2D eigenvalue weighted by Crippen LogP contribution is 2.41. The second-order valence-electron chi connectivity index (χ2n) is 8.39. The molecular formula is C24H24ClN3O2. The summed E-state index contributed by atoms with van der Waals surface area (Å²) in [5.74, 6) is 0.0695. The first-order valence-electron chi connectivity index (χ1n) is 10.5. The quantitative estimate of drug-likeness (QED) is 0.688. The Morgan fingerprint density at radius 2 is 1.77 bits per heavy atom. The molecule has 3 heterocycles. The Kier molecular flexibility index (Phi) is 4.78. The van der Waals surface area contributed by atoms with Gasteiger partial charge in [-0.05, 0) is 30.9 Å². The summed E-state index contributed by atoms with van der Waals surface area (Å²) in [5.41, 5.74) is 2.07. The molecular weight excluding hydrogens is 398 g/mol. The van der Waals surface area contributed by atoms with E-state index in [1.807, 2.05) is 47.4 Å². The van der Waals surface area contributed by atoms with Gasteiger partial charge in [0.1, 0.15) is 5.69 Å². The smallest absolute Gasteiger partial charge is 0.271 e. The van der Waals surface area contributed by atoms with Crippen molar-refractivity contribution in [2.75, 3.05) is 26.2 Å². The molecule has 5 nitrogen and oxygen atoms in total. The molecule has 6 heteroatoms. The summed E-state index contributed by atoms with van der Waals surface area (Å²) in [6.07, 6.45) is 2.39. The van der Waals surface area contributed by atoms with Gasteiger partial charge < -0.3 is 14.8 Å². The van der Waals surface area contributed by atoms with Crippen LogP contribution in [0.4, 0.5) is 0 Å². The third-order valence-electron chi connectivity index (χ3n) is 6.61. The molecule has 2 aliphatic rings. The summed E-state index contributed by atoms with van der Waals surface area (Å²) >= 11 is 6.48. The number of nitrogens with zero attached hydrogens (tertiary/aromatic N) is 2. The number of aromatic amines is 1. The van der Waals surface area contributed by atoms with Crippen molar-refractivity contribution in [2.24, 2.45) is 5.41 Å². The second kappa shape index (κ2) is 7.47. The summed E-state index contributed by atoms with van der Waals surface area (Å²) in [6.45, 7) is 2.55. The normalized spacial score (nSPS) is 21.3. The summed E-state index contributed by atoms with van der Waals surface area (Å²) in [4.78, 5) is 33.3. The van der Waals surface area contributed by atoms with Crippen molar-refractivity contribution in [1.82, 2.24) is 14.8 Å². The lowest BCUT2D eigenvalue weighted by Gasteiger charge is -2.23. The predicted octanol–water partition coefficient (Wildman–Crippen LogP) is 4.13. The zero-order chi connectivity index (χ0) is 20.7. The van der Waals surface area contributed by atoms with Gasteiger partial charge >= 0.3 is 0 Å². The third-order valence-corrected chi connectivity index (χ3v) is 7.00. The van der Waals surface area contributed by atoms with Gasteiger partial charge in [0.25, 0.3) is 5.91 Å². The third kappa shape index (κ3) is 3.18. The summed E-state index contributed by atoms with van der Waals surface area (Å²) < 4.78 is 0. The number of rotatable bonds is 4. The molecule has 2 saturated heterocycles. The van der Waals surface area contributed by atoms with Crippen LogP contribution in [0.3, 0.4) is 0 Å². The fraction of sp³-hybridized carbons (Fsp3) is 0.333. The Bertz CT molecular complexity index is 1110. The lowest BCUT2D eigenvalue weighted by molar-refractivity contribution is -0.135. The number of nitrogens with one attached hydrogen (secondary N) is 1. The van der Waals surface area contributed by atoms with Gasteiger partial charge in [-0.3, -0.25) is 9.59 Å². The van der Waals surface area contributed by atoms with Crippen LogP contribution in [0.2, 0.25) is 5.02 Å². The summed E-state index contributed by atoms with van der Waals surface area (Å²) in [7, 11) is 0. The lowest BCUT2D eigenvalue weighted by atomic mass is 9.85. The molecule has 2 aromatic carbocycles. The van der Waals surface area contributed by atoms with Crippen LogP contribution in [-0.2, 0) is 11.2 Å². The minimum Gasteiger partial charge on any atom is -0.349 e. The number of likely N-dealkylation sites (tertiary alicyclic amines) is 2. The van der Waals surface area contributed by atoms with E-state index in [0.29, 0.717) is 23.8 Å². The minimum absolute atomic E-state index is 0.122. The van der Waals surface area contributed by atoms with E-state index in [1.54, 1.807) is 4.90 Å². The van der Waals surface area contributed by atoms with Crippen LogP contribution < -0.4 is 0 Å². The molecule has 1 N–H and O–H groups in total. The second-order valence-corrected chi connectivity index (χ2v) is 8.77. The van der Waals surface area contributed by atoms with Crippen LogP contribution in [0.5, 0.6) is 0 Å². The molecule has 1 aromatic heterocycles. The standard InChI is InChI=1S/C24H24ClN3O2/c25-20-18-8-4-5-9-19(18)26-21(20)22(29)28-15-12-24(16-28)11-14-27(23(24)30)13-10-17-6-2-1-3-7-17/h1-9,26H,10-16H2. The van der Waals surface area contributed by atoms with Crippen LogP contribution in [0.25, 0.3) is 10.9 Å². The van der Waals surface area contributed by atoms with Crippen molar-refractivity contribution >= 4 is 34.3 Å². The van der Waals surface area contributed by atoms with Crippen LogP contribution in [0, 0.1) is 5.41 Å². The molecule has 0 radical (unpaired) electrons. The van der Waals surface area contributed by atoms with Gasteiger partial charge in [-0.15, -0.1) is 0 Å². The largest absolute Gasteiger partial charge is 0.349 e. The number of amides is 2. The van der Waals surface area contributed by atoms with E-state index in [0.717, 1.165) is 43.3 Å². The number of halogens is 1. The molecule has 30 heavy (non-hydrogen) atoms. The molecule has 1 spiro atoms. The maximum Gasteiger partial charge on any atom is 0.271 e. The molecule has 154 valence electrons. The molecule has 5 rings (SSSR count). The van der Waals surface area contributed by atoms with Gasteiger partial charge in [0, 0.05) is 37.1 Å². The summed E-state index contributed by atoms with van der Waals surface area (Å²) in [6, 6.07) is 17.9. The molecule has 0 saturated carbocycles. The van der Waals surface area contributed by atoms with Crippen LogP contribution in [0.15, 0.2) is 54.6 Å². The first kappa shape index (κ1) is 19.2. The number of hydrogen-bond acceptors (Lipinski definition) is 2. The molecule has 0 bridgehead atoms. The number of benzene rings is 2. The Hall–Kier alpha value is -2.79. The van der Waals surface area contributed by atoms with E-state index in [-0.39, 0.29) is 11.8 Å². The molecule has 1 atom stereocenters. The molecule has 1 unspecified atom stereocenters. The molecule has 2 amide bonds. The van der Waals surface area contributed by atoms with Crippen LogP contribution in [-0.4, -0.2) is 52.8 Å². The number of aromatic nitrogens is 1. The fourth-order valence-electron chi connectivity index (χ4n) is 4.85. The average Bonchev–Trinajstić information content (AvgIpc) is 3.45. The number of hydrogen-bond donors (Lipinski definition) is 1. The van der Waals surface area contributed by atoms with E-state index < -0.39 is 5.41 Å². The zero-order valence-electron chi connectivity index (χ0n) is 16.7. The van der Waals surface area contributed by atoms with Crippen molar-refractivity contribution in [1.29, 1.82) is 0 Å². The van der Waals surface area contributed by atoms with E-state index in [4.69, 9.17) is 11.6 Å². The van der Waals surface area contributed by atoms with Gasteiger partial charge in [-0.2, -0.15) is 0 Å². The topological polar surface area (TPSA) is 56.4 Å². The van der Waals surface area contributed by atoms with Crippen LogP contribution in [0.1, 0.15) is 28.9 Å². The van der Waals surface area contributed by atoms with E-state index in [2.05, 4.69) is 17.1 Å². The SMILES string of the molecule is O=C(c1[nH]c2ccccc2c1Cl)N1CCC2(CCN(CCc3ccccc3)C2=O)C1. The van der Waals surface area contributed by atoms with Crippen molar-refractivity contribution in [3.05, 3.63) is 70.9 Å². The van der Waals surface area contributed by atoms with E-state index in [1.165, 1.54) is 5.56 Å². The van der Waals surface area contributed by atoms with Crippen molar-refractivity contribution in [2.45, 2.75) is 19.3 Å². The van der Waals surface area contributed by atoms with Gasteiger partial charge in [0.15, 0.2) is 0 Å². The van der Waals surface area contributed by atoms with Gasteiger partial charge in [-0.1, -0.05) is 60.1 Å². The van der Waals surface area contributed by atoms with Gasteiger partial charge in [-0.25, -0.2) is 0 Å². The highest BCUT2D eigenvalue weighted by molar-refractivity contribution is 6.38. The van der Waals surface area contributed by atoms with E-state index in [9.17, 15) is 9.59 Å². The summed E-state index contributed by atoms with van der Waals surface area (Å²) in [5, 5.41) is 1.30. The van der Waals surface area contributed by atoms with Crippen molar-refractivity contribution < 1.29 is 9.59 Å².